The molecule has 0 bridgehead atoms. The van der Waals surface area contributed by atoms with Gasteiger partial charge in [0.15, 0.2) is 6.29 Å². The summed E-state index contributed by atoms with van der Waals surface area (Å²) in [7, 11) is 0. The van der Waals surface area contributed by atoms with Crippen molar-refractivity contribution < 1.29 is 9.53 Å². The second-order valence-corrected chi connectivity index (χ2v) is 13.1. The first kappa shape index (κ1) is 30.8. The third-order valence-corrected chi connectivity index (χ3v) is 9.79. The number of thiazole rings is 1. The molecular weight excluding hydrogens is 575 g/mol. The molecule has 1 aliphatic rings. The van der Waals surface area contributed by atoms with E-state index in [9.17, 15) is 4.79 Å². The molecule has 0 unspecified atom stereocenters. The second-order valence-electron chi connectivity index (χ2n) is 11.0. The highest BCUT2D eigenvalue weighted by Gasteiger charge is 2.19. The summed E-state index contributed by atoms with van der Waals surface area (Å²) in [5.74, 6) is 0.896. The molecule has 0 amide bonds. The molecule has 0 spiro atoms. The number of fused-ring (bicyclic) bond motifs is 2. The maximum Gasteiger partial charge on any atom is 0.231 e. The molecular formula is C34H39N5O2S2. The fraction of sp³-hybridized carbons (Fsp3) is 0.441. The Hall–Kier alpha value is -3.61. The Morgan fingerprint density at radius 3 is 2.37 bits per heavy atom. The van der Waals surface area contributed by atoms with E-state index in [1.54, 1.807) is 0 Å². The third-order valence-electron chi connectivity index (χ3n) is 7.82. The molecule has 3 heterocycles. The Morgan fingerprint density at radius 1 is 0.907 bits per heavy atom. The number of hydrogen-bond acceptors (Lipinski definition) is 9. The average Bonchev–Trinajstić information content (AvgIpc) is 3.72. The van der Waals surface area contributed by atoms with E-state index in [0.717, 1.165) is 65.4 Å². The minimum absolute atomic E-state index is 0.452. The number of anilines is 1. The van der Waals surface area contributed by atoms with Gasteiger partial charge in [0.25, 0.3) is 0 Å². The Labute approximate surface area is 262 Å². The van der Waals surface area contributed by atoms with E-state index in [0.29, 0.717) is 16.4 Å². The van der Waals surface area contributed by atoms with Crippen LogP contribution in [-0.4, -0.2) is 31.0 Å². The maximum absolute atomic E-state index is 10.9. The van der Waals surface area contributed by atoms with Crippen molar-refractivity contribution in [1.29, 1.82) is 5.26 Å². The van der Waals surface area contributed by atoms with Gasteiger partial charge in [0.2, 0.25) is 5.13 Å². The predicted octanol–water partition coefficient (Wildman–Crippen LogP) is 9.99. The lowest BCUT2D eigenvalue weighted by Gasteiger charge is -2.19. The van der Waals surface area contributed by atoms with Crippen LogP contribution in [0, 0.1) is 11.3 Å². The van der Waals surface area contributed by atoms with Gasteiger partial charge < -0.3 is 9.64 Å². The molecule has 4 aromatic rings. The zero-order valence-electron chi connectivity index (χ0n) is 24.7. The smallest absolute Gasteiger partial charge is 0.231 e. The summed E-state index contributed by atoms with van der Waals surface area (Å²) in [6, 6.07) is 18.3. The van der Waals surface area contributed by atoms with Crippen LogP contribution in [0.3, 0.4) is 0 Å². The van der Waals surface area contributed by atoms with Crippen molar-refractivity contribution in [3.8, 4) is 11.8 Å². The number of nitrogens with zero attached hydrogens (tertiary/aromatic N) is 5. The number of carbonyl (C=O) groups excluding carboxylic acids is 1. The molecule has 0 aliphatic carbocycles. The van der Waals surface area contributed by atoms with Gasteiger partial charge in [0.1, 0.15) is 10.6 Å². The van der Waals surface area contributed by atoms with Gasteiger partial charge in [-0.15, -0.1) is 21.6 Å². The number of azo groups is 1. The van der Waals surface area contributed by atoms with E-state index >= 15 is 0 Å². The van der Waals surface area contributed by atoms with Crippen LogP contribution in [0.5, 0.6) is 5.75 Å². The van der Waals surface area contributed by atoms with Crippen LogP contribution in [0.1, 0.15) is 85.0 Å². The molecule has 43 heavy (non-hydrogen) atoms. The third kappa shape index (κ3) is 9.19. The number of carbonyl (C=O) groups is 1. The maximum atomic E-state index is 10.9. The minimum atomic E-state index is 0.452. The summed E-state index contributed by atoms with van der Waals surface area (Å²) in [4.78, 5) is 19.5. The first-order valence-corrected chi connectivity index (χ1v) is 17.1. The Balaban J connectivity index is 0.889. The SMILES string of the molecule is N#CCc1ccc(OCCCCCCCCCCCCN2CCc3cc(N=Nc4nc5sc(C=O)cc5s4)ccc32)cc1. The Bertz CT molecular complexity index is 1510. The summed E-state index contributed by atoms with van der Waals surface area (Å²) in [6.07, 6.45) is 15.2. The van der Waals surface area contributed by atoms with E-state index in [1.165, 1.54) is 91.7 Å². The molecule has 2 aromatic carbocycles. The van der Waals surface area contributed by atoms with Gasteiger partial charge in [-0.05, 0) is 66.8 Å². The van der Waals surface area contributed by atoms with Crippen molar-refractivity contribution in [1.82, 2.24) is 4.98 Å². The number of thiophene rings is 1. The van der Waals surface area contributed by atoms with Crippen LogP contribution < -0.4 is 9.64 Å². The quantitative estimate of drug-likeness (QED) is 0.0633. The highest BCUT2D eigenvalue weighted by Crippen LogP contribution is 2.36. The summed E-state index contributed by atoms with van der Waals surface area (Å²) in [6.45, 7) is 2.97. The number of hydrogen-bond donors (Lipinski definition) is 0. The van der Waals surface area contributed by atoms with Crippen molar-refractivity contribution >= 4 is 55.0 Å². The largest absolute Gasteiger partial charge is 0.494 e. The van der Waals surface area contributed by atoms with Crippen LogP contribution in [0.4, 0.5) is 16.5 Å². The van der Waals surface area contributed by atoms with Crippen molar-refractivity contribution in [2.75, 3.05) is 24.6 Å². The monoisotopic (exact) mass is 613 g/mol. The Kier molecular flexibility index (Phi) is 11.7. The lowest BCUT2D eigenvalue weighted by atomic mass is 10.1. The van der Waals surface area contributed by atoms with Crippen LogP contribution in [-0.2, 0) is 12.8 Å². The van der Waals surface area contributed by atoms with Gasteiger partial charge in [-0.1, -0.05) is 74.8 Å². The molecule has 0 fully saturated rings. The average molecular weight is 614 g/mol. The normalized spacial score (nSPS) is 12.7. The van der Waals surface area contributed by atoms with Crippen LogP contribution >= 0.6 is 22.7 Å². The zero-order valence-corrected chi connectivity index (χ0v) is 26.3. The standard InChI is InChI=1S/C34H39N5O2S2/c35-19-17-26-11-14-29(15-12-26)41-22-10-8-6-4-2-1-3-5-7-9-20-39-21-18-27-23-28(13-16-31(27)39)37-38-34-36-33-32(43-34)24-30(25-40)42-33/h11-16,23-25H,1-10,17-18,20-22H2. The lowest BCUT2D eigenvalue weighted by molar-refractivity contribution is 0.112. The molecule has 9 heteroatoms. The van der Waals surface area contributed by atoms with E-state index in [4.69, 9.17) is 10.00 Å². The number of aldehydes is 1. The number of ether oxygens (including phenoxy) is 1. The van der Waals surface area contributed by atoms with Crippen molar-refractivity contribution in [3.63, 3.8) is 0 Å². The van der Waals surface area contributed by atoms with Crippen molar-refractivity contribution in [2.24, 2.45) is 10.2 Å². The van der Waals surface area contributed by atoms with E-state index in [2.05, 4.69) is 38.3 Å². The molecule has 5 rings (SSSR count). The van der Waals surface area contributed by atoms with Crippen LogP contribution in [0.2, 0.25) is 0 Å². The van der Waals surface area contributed by atoms with Gasteiger partial charge >= 0.3 is 0 Å². The number of nitriles is 1. The minimum Gasteiger partial charge on any atom is -0.494 e. The number of benzene rings is 2. The molecule has 0 N–H and O–H groups in total. The molecule has 1 aliphatic heterocycles. The fourth-order valence-corrected chi connectivity index (χ4v) is 7.35. The Morgan fingerprint density at radius 2 is 1.65 bits per heavy atom. The van der Waals surface area contributed by atoms with Gasteiger partial charge in [0.05, 0.1) is 34.4 Å². The first-order valence-electron chi connectivity index (χ1n) is 15.5. The number of rotatable bonds is 18. The van der Waals surface area contributed by atoms with E-state index < -0.39 is 0 Å². The van der Waals surface area contributed by atoms with Crippen molar-refractivity contribution in [3.05, 3.63) is 64.5 Å². The zero-order chi connectivity index (χ0) is 29.7. The topological polar surface area (TPSA) is 90.9 Å². The fourth-order valence-electron chi connectivity index (χ4n) is 5.50. The molecule has 0 saturated heterocycles. The van der Waals surface area contributed by atoms with Crippen LogP contribution in [0.25, 0.3) is 9.53 Å². The van der Waals surface area contributed by atoms with E-state index in [-0.39, 0.29) is 0 Å². The number of aromatic nitrogens is 1. The summed E-state index contributed by atoms with van der Waals surface area (Å²) in [5, 5.41) is 18.1. The molecule has 0 saturated carbocycles. The van der Waals surface area contributed by atoms with Gasteiger partial charge in [-0.2, -0.15) is 5.26 Å². The predicted molar refractivity (Wildman–Crippen MR) is 177 cm³/mol. The lowest BCUT2D eigenvalue weighted by Crippen LogP contribution is -2.21. The highest BCUT2D eigenvalue weighted by atomic mass is 32.1. The molecule has 224 valence electrons. The molecule has 0 radical (unpaired) electrons. The highest BCUT2D eigenvalue weighted by molar-refractivity contribution is 7.29. The second kappa shape index (κ2) is 16.3. The molecule has 2 aromatic heterocycles. The van der Waals surface area contributed by atoms with Gasteiger partial charge in [-0.3, -0.25) is 4.79 Å². The summed E-state index contributed by atoms with van der Waals surface area (Å²) >= 11 is 2.85. The molecule has 7 nitrogen and oxygen atoms in total. The van der Waals surface area contributed by atoms with Gasteiger partial charge in [-0.25, -0.2) is 4.98 Å². The van der Waals surface area contributed by atoms with Gasteiger partial charge in [0, 0.05) is 18.8 Å². The number of unbranched alkanes of at least 4 members (excludes halogenated alkanes) is 9. The van der Waals surface area contributed by atoms with Crippen LogP contribution in [0.15, 0.2) is 58.8 Å². The van der Waals surface area contributed by atoms with E-state index in [1.807, 2.05) is 36.4 Å². The molecule has 0 atom stereocenters. The summed E-state index contributed by atoms with van der Waals surface area (Å²) in [5.41, 5.74) is 4.59. The first-order chi connectivity index (χ1) is 21.2. The van der Waals surface area contributed by atoms with Crippen molar-refractivity contribution in [2.45, 2.75) is 77.0 Å². The summed E-state index contributed by atoms with van der Waals surface area (Å²) < 4.78 is 6.80.